The summed E-state index contributed by atoms with van der Waals surface area (Å²) < 4.78 is 0. The summed E-state index contributed by atoms with van der Waals surface area (Å²) >= 11 is 5.94. The average molecular weight is 354 g/mol. The zero-order chi connectivity index (χ0) is 17.9. The molecule has 0 radical (unpaired) electrons. The second-order valence-electron chi connectivity index (χ2n) is 6.58. The van der Waals surface area contributed by atoms with E-state index in [2.05, 4.69) is 29.5 Å². The van der Waals surface area contributed by atoms with Gasteiger partial charge in [-0.1, -0.05) is 55.8 Å². The van der Waals surface area contributed by atoms with E-state index in [4.69, 9.17) is 11.6 Å². The van der Waals surface area contributed by atoms with Crippen molar-refractivity contribution in [2.24, 2.45) is 0 Å². The van der Waals surface area contributed by atoms with E-state index in [1.54, 1.807) is 6.20 Å². The highest BCUT2D eigenvalue weighted by Gasteiger charge is 2.21. The minimum Gasteiger partial charge on any atom is -0.337 e. The fourth-order valence-electron chi connectivity index (χ4n) is 2.68. The maximum absolute atomic E-state index is 12.3. The highest BCUT2D eigenvalue weighted by atomic mass is 35.5. The molecule has 2 N–H and O–H groups in total. The van der Waals surface area contributed by atoms with Crippen molar-refractivity contribution >= 4 is 34.2 Å². The van der Waals surface area contributed by atoms with Gasteiger partial charge in [-0.15, -0.1) is 0 Å². The monoisotopic (exact) mass is 353 g/mol. The number of halogens is 1. The van der Waals surface area contributed by atoms with Gasteiger partial charge in [0.2, 0.25) is 0 Å². The predicted octanol–water partition coefficient (Wildman–Crippen LogP) is 4.99. The molecule has 2 amide bonds. The van der Waals surface area contributed by atoms with Gasteiger partial charge in [-0.05, 0) is 29.8 Å². The molecular formula is C20H20ClN3O. The highest BCUT2D eigenvalue weighted by molar-refractivity contribution is 6.30. The summed E-state index contributed by atoms with van der Waals surface area (Å²) in [6.07, 6.45) is 1.72. The number of nitrogens with one attached hydrogen (secondary N) is 2. The Morgan fingerprint density at radius 3 is 2.56 bits per heavy atom. The predicted molar refractivity (Wildman–Crippen MR) is 103 cm³/mol. The molecular weight excluding hydrogens is 334 g/mol. The topological polar surface area (TPSA) is 54.0 Å². The smallest absolute Gasteiger partial charge is 0.319 e. The van der Waals surface area contributed by atoms with Crippen molar-refractivity contribution in [2.75, 3.05) is 11.9 Å². The number of pyridine rings is 1. The van der Waals surface area contributed by atoms with Crippen LogP contribution in [0.3, 0.4) is 0 Å². The Balaban J connectivity index is 1.67. The van der Waals surface area contributed by atoms with E-state index in [9.17, 15) is 4.79 Å². The second kappa shape index (κ2) is 7.11. The van der Waals surface area contributed by atoms with E-state index >= 15 is 0 Å². The Morgan fingerprint density at radius 1 is 1.08 bits per heavy atom. The summed E-state index contributed by atoms with van der Waals surface area (Å²) in [6.45, 7) is 4.66. The summed E-state index contributed by atoms with van der Waals surface area (Å²) in [5.74, 6) is 0. The minimum atomic E-state index is -0.250. The molecule has 0 saturated heterocycles. The fraction of sp³-hybridized carbons (Fsp3) is 0.200. The number of nitrogens with zero attached hydrogens (tertiary/aromatic N) is 1. The molecule has 1 heterocycles. The van der Waals surface area contributed by atoms with Crippen LogP contribution in [0.1, 0.15) is 19.4 Å². The molecule has 0 bridgehead atoms. The standard InChI is InChI=1S/C20H20ClN3O/c1-20(2,15-8-10-16(21)11-9-15)13-23-19(25)24-17-7-3-5-14-6-4-12-22-18(14)17/h3-12H,13H2,1-2H3,(H2,23,24,25). The molecule has 3 aromatic rings. The lowest BCUT2D eigenvalue weighted by Crippen LogP contribution is -2.39. The van der Waals surface area contributed by atoms with Crippen LogP contribution in [0, 0.1) is 0 Å². The van der Waals surface area contributed by atoms with Gasteiger partial charge in [0.1, 0.15) is 0 Å². The number of hydrogen-bond acceptors (Lipinski definition) is 2. The van der Waals surface area contributed by atoms with Gasteiger partial charge in [0.25, 0.3) is 0 Å². The Labute approximate surface area is 152 Å². The van der Waals surface area contributed by atoms with E-state index in [-0.39, 0.29) is 11.4 Å². The Bertz CT molecular complexity index is 886. The molecule has 25 heavy (non-hydrogen) atoms. The van der Waals surface area contributed by atoms with Crippen LogP contribution in [-0.2, 0) is 5.41 Å². The van der Waals surface area contributed by atoms with E-state index in [1.807, 2.05) is 54.6 Å². The molecule has 0 saturated carbocycles. The van der Waals surface area contributed by atoms with E-state index in [0.717, 1.165) is 16.5 Å². The van der Waals surface area contributed by atoms with Crippen LogP contribution in [0.4, 0.5) is 10.5 Å². The molecule has 2 aromatic carbocycles. The van der Waals surface area contributed by atoms with Crippen molar-refractivity contribution in [1.82, 2.24) is 10.3 Å². The van der Waals surface area contributed by atoms with Crippen LogP contribution in [-0.4, -0.2) is 17.6 Å². The van der Waals surface area contributed by atoms with Gasteiger partial charge < -0.3 is 10.6 Å². The van der Waals surface area contributed by atoms with Crippen molar-refractivity contribution in [3.63, 3.8) is 0 Å². The second-order valence-corrected chi connectivity index (χ2v) is 7.02. The number of anilines is 1. The number of hydrogen-bond donors (Lipinski definition) is 2. The largest absolute Gasteiger partial charge is 0.337 e. The van der Waals surface area contributed by atoms with Crippen LogP contribution in [0.15, 0.2) is 60.8 Å². The SMILES string of the molecule is CC(C)(CNC(=O)Nc1cccc2cccnc12)c1ccc(Cl)cc1. The lowest BCUT2D eigenvalue weighted by Gasteiger charge is -2.25. The Morgan fingerprint density at radius 2 is 1.80 bits per heavy atom. The molecule has 128 valence electrons. The van der Waals surface area contributed by atoms with Crippen molar-refractivity contribution in [2.45, 2.75) is 19.3 Å². The van der Waals surface area contributed by atoms with Gasteiger partial charge in [-0.3, -0.25) is 4.98 Å². The first-order valence-electron chi connectivity index (χ1n) is 8.10. The van der Waals surface area contributed by atoms with Gasteiger partial charge >= 0.3 is 6.03 Å². The third-order valence-corrected chi connectivity index (χ3v) is 4.45. The maximum atomic E-state index is 12.3. The summed E-state index contributed by atoms with van der Waals surface area (Å²) in [7, 11) is 0. The van der Waals surface area contributed by atoms with Crippen molar-refractivity contribution < 1.29 is 4.79 Å². The molecule has 1 aromatic heterocycles. The van der Waals surface area contributed by atoms with E-state index in [1.165, 1.54) is 0 Å². The lowest BCUT2D eigenvalue weighted by molar-refractivity contribution is 0.249. The van der Waals surface area contributed by atoms with Gasteiger partial charge in [-0.2, -0.15) is 0 Å². The number of aromatic nitrogens is 1. The Hall–Kier alpha value is -2.59. The number of para-hydroxylation sites is 1. The maximum Gasteiger partial charge on any atom is 0.319 e. The molecule has 4 nitrogen and oxygen atoms in total. The van der Waals surface area contributed by atoms with Crippen LogP contribution < -0.4 is 10.6 Å². The summed E-state index contributed by atoms with van der Waals surface area (Å²) in [6, 6.07) is 17.0. The number of amides is 2. The number of carbonyl (C=O) groups excluding carboxylic acids is 1. The fourth-order valence-corrected chi connectivity index (χ4v) is 2.80. The summed E-state index contributed by atoms with van der Waals surface area (Å²) in [4.78, 5) is 16.7. The molecule has 5 heteroatoms. The van der Waals surface area contributed by atoms with Crippen molar-refractivity contribution in [1.29, 1.82) is 0 Å². The molecule has 0 aliphatic heterocycles. The highest BCUT2D eigenvalue weighted by Crippen LogP contribution is 2.24. The van der Waals surface area contributed by atoms with Crippen LogP contribution in [0.25, 0.3) is 10.9 Å². The molecule has 0 atom stereocenters. The third-order valence-electron chi connectivity index (χ3n) is 4.20. The Kier molecular flexibility index (Phi) is 4.91. The van der Waals surface area contributed by atoms with Crippen molar-refractivity contribution in [3.8, 4) is 0 Å². The average Bonchev–Trinajstić information content (AvgIpc) is 2.61. The van der Waals surface area contributed by atoms with Crippen LogP contribution in [0.5, 0.6) is 0 Å². The normalized spacial score (nSPS) is 11.3. The number of fused-ring (bicyclic) bond motifs is 1. The summed E-state index contributed by atoms with van der Waals surface area (Å²) in [5, 5.41) is 7.51. The molecule has 0 aliphatic rings. The first-order chi connectivity index (χ1) is 12.0. The first kappa shape index (κ1) is 17.2. The van der Waals surface area contributed by atoms with E-state index in [0.29, 0.717) is 17.3 Å². The lowest BCUT2D eigenvalue weighted by atomic mass is 9.85. The molecule has 0 fully saturated rings. The number of benzene rings is 2. The van der Waals surface area contributed by atoms with Gasteiger partial charge in [0, 0.05) is 28.6 Å². The van der Waals surface area contributed by atoms with Crippen molar-refractivity contribution in [3.05, 3.63) is 71.4 Å². The molecule has 3 rings (SSSR count). The molecule has 0 aliphatic carbocycles. The van der Waals surface area contributed by atoms with Crippen LogP contribution in [0.2, 0.25) is 5.02 Å². The quantitative estimate of drug-likeness (QED) is 0.694. The van der Waals surface area contributed by atoms with Gasteiger partial charge in [0.15, 0.2) is 0 Å². The number of rotatable bonds is 4. The zero-order valence-electron chi connectivity index (χ0n) is 14.2. The third kappa shape index (κ3) is 4.09. The molecule has 0 spiro atoms. The molecule has 0 unspecified atom stereocenters. The van der Waals surface area contributed by atoms with Crippen LogP contribution >= 0.6 is 11.6 Å². The zero-order valence-corrected chi connectivity index (χ0v) is 15.0. The van der Waals surface area contributed by atoms with Gasteiger partial charge in [0.05, 0.1) is 11.2 Å². The minimum absolute atomic E-state index is 0.209. The van der Waals surface area contributed by atoms with E-state index < -0.39 is 0 Å². The number of carbonyl (C=O) groups is 1. The number of urea groups is 1. The first-order valence-corrected chi connectivity index (χ1v) is 8.48. The summed E-state index contributed by atoms with van der Waals surface area (Å²) in [5.41, 5.74) is 2.37. The van der Waals surface area contributed by atoms with Gasteiger partial charge in [-0.25, -0.2) is 4.79 Å².